The predicted molar refractivity (Wildman–Crippen MR) is 68.2 cm³/mol. The fourth-order valence-corrected chi connectivity index (χ4v) is 1.79. The Bertz CT molecular complexity index is 421. The van der Waals surface area contributed by atoms with Crippen molar-refractivity contribution in [2.45, 2.75) is 13.3 Å². The number of nitrogens with one attached hydrogen (secondary N) is 2. The molecule has 1 heterocycles. The van der Waals surface area contributed by atoms with Crippen molar-refractivity contribution in [3.63, 3.8) is 0 Å². The average Bonchev–Trinajstić information content (AvgIpc) is 2.39. The lowest BCUT2D eigenvalue weighted by atomic mass is 10.1. The molecule has 0 aromatic heterocycles. The van der Waals surface area contributed by atoms with Crippen molar-refractivity contribution >= 4 is 6.03 Å². The minimum absolute atomic E-state index is 0.130. The summed E-state index contributed by atoms with van der Waals surface area (Å²) in [5.41, 5.74) is 1.12. The van der Waals surface area contributed by atoms with Gasteiger partial charge in [-0.2, -0.15) is 0 Å². The van der Waals surface area contributed by atoms with E-state index in [2.05, 4.69) is 10.6 Å². The highest BCUT2D eigenvalue weighted by Crippen LogP contribution is 2.30. The number of amides is 2. The lowest BCUT2D eigenvalue weighted by Gasteiger charge is -2.18. The van der Waals surface area contributed by atoms with Gasteiger partial charge in [0.25, 0.3) is 0 Å². The molecule has 0 aliphatic carbocycles. The molecule has 0 bridgehead atoms. The quantitative estimate of drug-likeness (QED) is 0.847. The van der Waals surface area contributed by atoms with Crippen molar-refractivity contribution in [3.8, 4) is 11.5 Å². The molecule has 0 atom stereocenters. The van der Waals surface area contributed by atoms with Gasteiger partial charge in [0, 0.05) is 13.1 Å². The summed E-state index contributed by atoms with van der Waals surface area (Å²) in [6.07, 6.45) is 0.772. The minimum Gasteiger partial charge on any atom is -0.486 e. The zero-order chi connectivity index (χ0) is 12.8. The van der Waals surface area contributed by atoms with Gasteiger partial charge in [-0.1, -0.05) is 6.07 Å². The van der Waals surface area contributed by atoms with Gasteiger partial charge in [0.15, 0.2) is 11.5 Å². The van der Waals surface area contributed by atoms with Crippen LogP contribution in [0, 0.1) is 0 Å². The first-order valence-corrected chi connectivity index (χ1v) is 6.20. The van der Waals surface area contributed by atoms with Gasteiger partial charge < -0.3 is 20.1 Å². The van der Waals surface area contributed by atoms with E-state index >= 15 is 0 Å². The number of carbonyl (C=O) groups excluding carboxylic acids is 1. The summed E-state index contributed by atoms with van der Waals surface area (Å²) in [6.45, 7) is 4.32. The summed E-state index contributed by atoms with van der Waals surface area (Å²) in [5.74, 6) is 1.58. The minimum atomic E-state index is -0.130. The maximum absolute atomic E-state index is 11.2. The van der Waals surface area contributed by atoms with Gasteiger partial charge >= 0.3 is 6.03 Å². The molecule has 1 aliphatic heterocycles. The van der Waals surface area contributed by atoms with E-state index in [1.54, 1.807) is 0 Å². The number of carbonyl (C=O) groups is 1. The van der Waals surface area contributed by atoms with Gasteiger partial charge in [0.05, 0.1) is 0 Å². The zero-order valence-electron chi connectivity index (χ0n) is 10.5. The highest BCUT2D eigenvalue weighted by atomic mass is 16.6. The highest BCUT2D eigenvalue weighted by Gasteiger charge is 2.11. The Hall–Kier alpha value is -1.91. The molecular weight excluding hydrogens is 232 g/mol. The molecule has 0 fully saturated rings. The largest absolute Gasteiger partial charge is 0.486 e. The summed E-state index contributed by atoms with van der Waals surface area (Å²) in [6, 6.07) is 5.74. The number of fused-ring (bicyclic) bond motifs is 1. The standard InChI is InChI=1S/C13H18N2O3/c1-2-14-13(16)15-6-5-10-3-4-11-12(9-10)18-8-7-17-11/h3-4,9H,2,5-8H2,1H3,(H2,14,15,16). The third-order valence-electron chi connectivity index (χ3n) is 2.64. The van der Waals surface area contributed by atoms with E-state index in [1.165, 1.54) is 0 Å². The van der Waals surface area contributed by atoms with Crippen molar-refractivity contribution in [1.29, 1.82) is 0 Å². The predicted octanol–water partition coefficient (Wildman–Crippen LogP) is 1.32. The molecule has 2 N–H and O–H groups in total. The van der Waals surface area contributed by atoms with Crippen LogP contribution < -0.4 is 20.1 Å². The van der Waals surface area contributed by atoms with Crippen LogP contribution in [0.3, 0.4) is 0 Å². The first kappa shape index (κ1) is 12.5. The van der Waals surface area contributed by atoms with Crippen LogP contribution in [0.25, 0.3) is 0 Å². The second-order valence-corrected chi connectivity index (χ2v) is 4.01. The fourth-order valence-electron chi connectivity index (χ4n) is 1.79. The van der Waals surface area contributed by atoms with Crippen molar-refractivity contribution in [3.05, 3.63) is 23.8 Å². The average molecular weight is 250 g/mol. The van der Waals surface area contributed by atoms with Crippen LogP contribution in [0.2, 0.25) is 0 Å². The maximum Gasteiger partial charge on any atom is 0.314 e. The number of urea groups is 1. The number of hydrogen-bond donors (Lipinski definition) is 2. The van der Waals surface area contributed by atoms with Gasteiger partial charge in [-0.05, 0) is 31.0 Å². The van der Waals surface area contributed by atoms with Crippen LogP contribution in [0.1, 0.15) is 12.5 Å². The van der Waals surface area contributed by atoms with E-state index in [-0.39, 0.29) is 6.03 Å². The molecule has 0 saturated carbocycles. The molecule has 0 unspecified atom stereocenters. The Morgan fingerprint density at radius 3 is 2.78 bits per heavy atom. The summed E-state index contributed by atoms with van der Waals surface area (Å²) >= 11 is 0. The van der Waals surface area contributed by atoms with Gasteiger partial charge in [-0.15, -0.1) is 0 Å². The van der Waals surface area contributed by atoms with E-state index < -0.39 is 0 Å². The van der Waals surface area contributed by atoms with Gasteiger partial charge in [0.2, 0.25) is 0 Å². The smallest absolute Gasteiger partial charge is 0.314 e. The number of ether oxygens (including phenoxy) is 2. The van der Waals surface area contributed by atoms with Crippen LogP contribution in [0.15, 0.2) is 18.2 Å². The van der Waals surface area contributed by atoms with E-state index in [4.69, 9.17) is 9.47 Å². The Balaban J connectivity index is 1.84. The molecule has 5 heteroatoms. The lowest BCUT2D eigenvalue weighted by Crippen LogP contribution is -2.36. The molecule has 18 heavy (non-hydrogen) atoms. The number of benzene rings is 1. The summed E-state index contributed by atoms with van der Waals surface area (Å²) in [4.78, 5) is 11.2. The highest BCUT2D eigenvalue weighted by molar-refractivity contribution is 5.73. The van der Waals surface area contributed by atoms with E-state index in [9.17, 15) is 4.79 Å². The first-order chi connectivity index (χ1) is 8.79. The van der Waals surface area contributed by atoms with Crippen molar-refractivity contribution < 1.29 is 14.3 Å². The van der Waals surface area contributed by atoms with E-state index in [0.717, 1.165) is 23.5 Å². The van der Waals surface area contributed by atoms with E-state index in [0.29, 0.717) is 26.3 Å². The molecule has 1 aromatic rings. The summed E-state index contributed by atoms with van der Waals surface area (Å²) in [7, 11) is 0. The number of rotatable bonds is 4. The maximum atomic E-state index is 11.2. The molecular formula is C13H18N2O3. The van der Waals surface area contributed by atoms with Crippen LogP contribution in [0.4, 0.5) is 4.79 Å². The Morgan fingerprint density at radius 1 is 1.22 bits per heavy atom. The second-order valence-electron chi connectivity index (χ2n) is 4.01. The number of hydrogen-bond acceptors (Lipinski definition) is 3. The Morgan fingerprint density at radius 2 is 2.00 bits per heavy atom. The molecule has 98 valence electrons. The summed E-state index contributed by atoms with van der Waals surface area (Å²) in [5, 5.41) is 5.48. The fraction of sp³-hybridized carbons (Fsp3) is 0.462. The SMILES string of the molecule is CCNC(=O)NCCc1ccc2c(c1)OCCO2. The zero-order valence-corrected chi connectivity index (χ0v) is 10.5. The second kappa shape index (κ2) is 6.14. The van der Waals surface area contributed by atoms with Gasteiger partial charge in [-0.25, -0.2) is 4.79 Å². The molecule has 0 saturated heterocycles. The third kappa shape index (κ3) is 3.29. The molecule has 2 rings (SSSR count). The molecule has 0 spiro atoms. The topological polar surface area (TPSA) is 59.6 Å². The van der Waals surface area contributed by atoms with Crippen LogP contribution in [-0.2, 0) is 6.42 Å². The van der Waals surface area contributed by atoms with Gasteiger partial charge in [-0.3, -0.25) is 0 Å². The third-order valence-corrected chi connectivity index (χ3v) is 2.64. The first-order valence-electron chi connectivity index (χ1n) is 6.20. The Labute approximate surface area is 106 Å². The molecule has 5 nitrogen and oxygen atoms in total. The lowest BCUT2D eigenvalue weighted by molar-refractivity contribution is 0.171. The molecule has 0 radical (unpaired) electrons. The monoisotopic (exact) mass is 250 g/mol. The molecule has 2 amide bonds. The van der Waals surface area contributed by atoms with Crippen molar-refractivity contribution in [2.24, 2.45) is 0 Å². The molecule has 1 aromatic carbocycles. The van der Waals surface area contributed by atoms with Crippen LogP contribution >= 0.6 is 0 Å². The normalized spacial score (nSPS) is 12.9. The van der Waals surface area contributed by atoms with Crippen LogP contribution in [0.5, 0.6) is 11.5 Å². The van der Waals surface area contributed by atoms with Crippen molar-refractivity contribution in [2.75, 3.05) is 26.3 Å². The van der Waals surface area contributed by atoms with Crippen molar-refractivity contribution in [1.82, 2.24) is 10.6 Å². The van der Waals surface area contributed by atoms with E-state index in [1.807, 2.05) is 25.1 Å². The Kier molecular flexibility index (Phi) is 4.28. The van der Waals surface area contributed by atoms with Gasteiger partial charge in [0.1, 0.15) is 13.2 Å². The van der Waals surface area contributed by atoms with Crippen LogP contribution in [-0.4, -0.2) is 32.3 Å². The summed E-state index contributed by atoms with van der Waals surface area (Å²) < 4.78 is 11.0. The molecule has 1 aliphatic rings.